The number of aryl methyl sites for hydroxylation is 1. The van der Waals surface area contributed by atoms with E-state index in [9.17, 15) is 9.59 Å². The summed E-state index contributed by atoms with van der Waals surface area (Å²) in [6.07, 6.45) is 3.53. The summed E-state index contributed by atoms with van der Waals surface area (Å²) < 4.78 is 3.59. The first-order valence-electron chi connectivity index (χ1n) is 16.3. The van der Waals surface area contributed by atoms with Crippen molar-refractivity contribution in [3.63, 3.8) is 0 Å². The Balaban J connectivity index is 1.22. The highest BCUT2D eigenvalue weighted by atomic mass is 16.2. The maximum atomic E-state index is 14.3. The maximum Gasteiger partial charge on any atom is 0.324 e. The van der Waals surface area contributed by atoms with Crippen molar-refractivity contribution >= 4 is 23.3 Å². The number of ketones is 1. The van der Waals surface area contributed by atoms with Crippen molar-refractivity contribution in [2.24, 2.45) is 5.92 Å². The van der Waals surface area contributed by atoms with E-state index in [2.05, 4.69) is 41.8 Å². The van der Waals surface area contributed by atoms with E-state index in [1.165, 1.54) is 0 Å². The van der Waals surface area contributed by atoms with Gasteiger partial charge in [0.05, 0.1) is 40.4 Å². The molecule has 0 bridgehead atoms. The second-order valence-electron chi connectivity index (χ2n) is 13.4. The summed E-state index contributed by atoms with van der Waals surface area (Å²) in [6.45, 7) is 12.0. The van der Waals surface area contributed by atoms with Crippen molar-refractivity contribution in [2.75, 3.05) is 23.7 Å². The molecule has 47 heavy (non-hydrogen) atoms. The summed E-state index contributed by atoms with van der Waals surface area (Å²) in [6, 6.07) is 27.1. The van der Waals surface area contributed by atoms with Gasteiger partial charge in [-0.2, -0.15) is 10.2 Å². The summed E-state index contributed by atoms with van der Waals surface area (Å²) in [7, 11) is 0. The molecule has 3 aromatic carbocycles. The molecule has 3 heterocycles. The van der Waals surface area contributed by atoms with Crippen LogP contribution in [-0.2, 0) is 5.41 Å². The van der Waals surface area contributed by atoms with Gasteiger partial charge < -0.3 is 10.6 Å². The van der Waals surface area contributed by atoms with Gasteiger partial charge in [-0.1, -0.05) is 68.8 Å². The minimum atomic E-state index is -0.374. The smallest absolute Gasteiger partial charge is 0.317 e. The molecule has 1 aliphatic rings. The number of anilines is 2. The molecule has 9 nitrogen and oxygen atoms in total. The maximum absolute atomic E-state index is 14.3. The lowest BCUT2D eigenvalue weighted by Crippen LogP contribution is -2.33. The molecule has 9 heteroatoms. The molecular weight excluding hydrogens is 586 g/mol. The Bertz CT molecular complexity index is 1840. The molecule has 0 aliphatic carbocycles. The topological polar surface area (TPSA) is 106 Å². The monoisotopic (exact) mass is 629 g/mol. The van der Waals surface area contributed by atoms with Gasteiger partial charge in [-0.15, -0.1) is 0 Å². The van der Waals surface area contributed by atoms with Gasteiger partial charge in [0.2, 0.25) is 0 Å². The van der Waals surface area contributed by atoms with Gasteiger partial charge in [0, 0.05) is 17.2 Å². The van der Waals surface area contributed by atoms with E-state index in [1.807, 2.05) is 103 Å². The molecule has 1 saturated heterocycles. The van der Waals surface area contributed by atoms with Crippen molar-refractivity contribution < 1.29 is 9.59 Å². The van der Waals surface area contributed by atoms with Crippen LogP contribution in [0.25, 0.3) is 11.4 Å². The summed E-state index contributed by atoms with van der Waals surface area (Å²) in [5.74, 6) is 0.543. The SMILES string of the molecule is Cc1ccc(-n2nc(C(C)(C)C)cc2NC(=O)Nc2ccc(C(C(=O)c3cnn(-c4ccccc4)c3C)C3CCNCC3)cc2)cc1. The molecule has 0 spiro atoms. The van der Waals surface area contributed by atoms with Gasteiger partial charge >= 0.3 is 6.03 Å². The number of carbonyl (C=O) groups is 2. The van der Waals surface area contributed by atoms with E-state index < -0.39 is 0 Å². The Morgan fingerprint density at radius 2 is 1.51 bits per heavy atom. The molecule has 2 amide bonds. The molecule has 242 valence electrons. The molecule has 2 aromatic heterocycles. The molecule has 1 fully saturated rings. The Morgan fingerprint density at radius 1 is 0.851 bits per heavy atom. The summed E-state index contributed by atoms with van der Waals surface area (Å²) in [5.41, 5.74) is 6.65. The number of piperidine rings is 1. The normalized spacial score (nSPS) is 14.5. The van der Waals surface area contributed by atoms with Gasteiger partial charge in [0.25, 0.3) is 0 Å². The first-order valence-corrected chi connectivity index (χ1v) is 16.3. The zero-order chi connectivity index (χ0) is 33.1. The van der Waals surface area contributed by atoms with E-state index in [0.717, 1.165) is 59.8 Å². The van der Waals surface area contributed by atoms with Crippen molar-refractivity contribution in [2.45, 2.75) is 58.8 Å². The van der Waals surface area contributed by atoms with Crippen LogP contribution in [0.1, 0.15) is 72.4 Å². The minimum Gasteiger partial charge on any atom is -0.317 e. The van der Waals surface area contributed by atoms with Gasteiger partial charge in [-0.25, -0.2) is 14.2 Å². The van der Waals surface area contributed by atoms with Crippen LogP contribution in [-0.4, -0.2) is 44.5 Å². The minimum absolute atomic E-state index is 0.0778. The molecule has 1 unspecified atom stereocenters. The number of carbonyl (C=O) groups excluding carboxylic acids is 2. The average molecular weight is 630 g/mol. The van der Waals surface area contributed by atoms with E-state index >= 15 is 0 Å². The first kappa shape index (κ1) is 31.9. The van der Waals surface area contributed by atoms with Crippen LogP contribution in [0.4, 0.5) is 16.3 Å². The van der Waals surface area contributed by atoms with Gasteiger partial charge in [-0.3, -0.25) is 10.1 Å². The number of nitrogens with zero attached hydrogens (tertiary/aromatic N) is 4. The quantitative estimate of drug-likeness (QED) is 0.154. The number of hydrogen-bond acceptors (Lipinski definition) is 5. The van der Waals surface area contributed by atoms with Crippen molar-refractivity contribution in [1.82, 2.24) is 24.9 Å². The lowest BCUT2D eigenvalue weighted by Gasteiger charge is -2.30. The van der Waals surface area contributed by atoms with Gasteiger partial charge in [-0.05, 0) is 87.7 Å². The zero-order valence-electron chi connectivity index (χ0n) is 27.7. The fourth-order valence-corrected chi connectivity index (χ4v) is 6.24. The number of rotatable bonds is 8. The lowest BCUT2D eigenvalue weighted by molar-refractivity contribution is 0.0915. The summed E-state index contributed by atoms with van der Waals surface area (Å²) >= 11 is 0. The van der Waals surface area contributed by atoms with E-state index in [1.54, 1.807) is 10.9 Å². The summed E-state index contributed by atoms with van der Waals surface area (Å²) in [4.78, 5) is 27.5. The van der Waals surface area contributed by atoms with E-state index in [4.69, 9.17) is 5.10 Å². The molecule has 3 N–H and O–H groups in total. The van der Waals surface area contributed by atoms with Crippen LogP contribution < -0.4 is 16.0 Å². The third-order valence-electron chi connectivity index (χ3n) is 8.94. The highest BCUT2D eigenvalue weighted by Gasteiger charge is 2.33. The van der Waals surface area contributed by atoms with Crippen LogP contribution in [0, 0.1) is 19.8 Å². The number of aromatic nitrogens is 4. The number of nitrogens with one attached hydrogen (secondary N) is 3. The summed E-state index contributed by atoms with van der Waals surface area (Å²) in [5, 5.41) is 18.8. The Hall–Kier alpha value is -5.02. The van der Waals surface area contributed by atoms with Crippen LogP contribution >= 0.6 is 0 Å². The fraction of sp³-hybridized carbons (Fsp3) is 0.316. The predicted molar refractivity (Wildman–Crippen MR) is 187 cm³/mol. The Labute approximate surface area is 276 Å². The molecule has 6 rings (SSSR count). The predicted octanol–water partition coefficient (Wildman–Crippen LogP) is 7.58. The highest BCUT2D eigenvalue weighted by molar-refractivity contribution is 6.02. The zero-order valence-corrected chi connectivity index (χ0v) is 27.7. The molecule has 0 radical (unpaired) electrons. The first-order chi connectivity index (χ1) is 22.6. The molecule has 1 atom stereocenters. The molecule has 1 aliphatic heterocycles. The number of Topliss-reactive ketones (excluding diaryl/α,β-unsaturated/α-hetero) is 1. The third kappa shape index (κ3) is 7.05. The lowest BCUT2D eigenvalue weighted by atomic mass is 9.76. The Kier molecular flexibility index (Phi) is 9.09. The van der Waals surface area contributed by atoms with Crippen molar-refractivity contribution in [1.29, 1.82) is 0 Å². The van der Waals surface area contributed by atoms with Crippen molar-refractivity contribution in [3.05, 3.63) is 119 Å². The number of hydrogen-bond donors (Lipinski definition) is 3. The molecule has 0 saturated carbocycles. The van der Waals surface area contributed by atoms with Crippen molar-refractivity contribution in [3.8, 4) is 11.4 Å². The van der Waals surface area contributed by atoms with E-state index in [0.29, 0.717) is 17.1 Å². The third-order valence-corrected chi connectivity index (χ3v) is 8.94. The van der Waals surface area contributed by atoms with Gasteiger partial charge in [0.15, 0.2) is 5.78 Å². The van der Waals surface area contributed by atoms with Crippen LogP contribution in [0.2, 0.25) is 0 Å². The average Bonchev–Trinajstić information content (AvgIpc) is 3.67. The second-order valence-corrected chi connectivity index (χ2v) is 13.4. The molecule has 5 aromatic rings. The standard InChI is InChI=1S/C38H43N7O2/c1-25-11-17-31(18-12-25)45-34(23-33(43-45)38(3,4)5)42-37(47)41-29-15-13-27(14-16-29)35(28-19-21-39-22-20-28)36(46)32-24-40-44(26(32)2)30-9-7-6-8-10-30/h6-18,23-24,28,35,39H,19-22H2,1-5H3,(H2,41,42,47). The largest absolute Gasteiger partial charge is 0.324 e. The van der Waals surface area contributed by atoms with Crippen LogP contribution in [0.3, 0.4) is 0 Å². The number of urea groups is 1. The molecular formula is C38H43N7O2. The fourth-order valence-electron chi connectivity index (χ4n) is 6.24. The number of amides is 2. The number of para-hydroxylation sites is 1. The van der Waals surface area contributed by atoms with E-state index in [-0.39, 0.29) is 29.1 Å². The Morgan fingerprint density at radius 3 is 2.17 bits per heavy atom. The highest BCUT2D eigenvalue weighted by Crippen LogP contribution is 2.36. The van der Waals surface area contributed by atoms with Crippen LogP contribution in [0.15, 0.2) is 91.1 Å². The second kappa shape index (κ2) is 13.4. The van der Waals surface area contributed by atoms with Crippen LogP contribution in [0.5, 0.6) is 0 Å². The number of benzene rings is 3. The van der Waals surface area contributed by atoms with Gasteiger partial charge in [0.1, 0.15) is 5.82 Å².